The molecule has 0 atom stereocenters. The number of ether oxygens (including phenoxy) is 3. The number of hydrogen-bond donors (Lipinski definition) is 0. The highest BCUT2D eigenvalue weighted by Gasteiger charge is 2.33. The monoisotopic (exact) mass is 582 g/mol. The van der Waals surface area contributed by atoms with Gasteiger partial charge < -0.3 is 19.1 Å². The molecule has 11 heteroatoms. The normalized spacial score (nSPS) is 16.5. The van der Waals surface area contributed by atoms with Gasteiger partial charge in [-0.15, -0.1) is 0 Å². The third-order valence-electron chi connectivity index (χ3n) is 7.11. The fourth-order valence-electron chi connectivity index (χ4n) is 4.88. The Hall–Kier alpha value is -3.33. The number of anilines is 1. The predicted octanol–water partition coefficient (Wildman–Crippen LogP) is 4.13. The molecule has 1 amide bonds. The zero-order valence-corrected chi connectivity index (χ0v) is 25.0. The van der Waals surface area contributed by atoms with Crippen molar-refractivity contribution in [1.82, 2.24) is 9.47 Å². The van der Waals surface area contributed by atoms with Crippen LogP contribution in [-0.4, -0.2) is 66.8 Å². The lowest BCUT2D eigenvalue weighted by Gasteiger charge is -2.33. The molecule has 2 saturated heterocycles. The number of thiocarbonyl (C=S) groups is 1. The second-order valence-corrected chi connectivity index (χ2v) is 11.2. The Balaban J connectivity index is 1.70. The number of unbranched alkanes of at least 4 members (excludes halogenated alkanes) is 1. The maximum atomic E-state index is 13.6. The van der Waals surface area contributed by atoms with E-state index in [2.05, 4.69) is 17.9 Å². The van der Waals surface area contributed by atoms with Gasteiger partial charge in [-0.05, 0) is 49.1 Å². The molecule has 4 rings (SSSR count). The number of hydrogen-bond acceptors (Lipinski definition) is 9. The van der Waals surface area contributed by atoms with E-state index in [1.165, 1.54) is 11.8 Å². The molecular formula is C29H34N4O5S2. The number of thioether (sulfide) groups is 1. The predicted molar refractivity (Wildman–Crippen MR) is 161 cm³/mol. The fraction of sp³-hybridized carbons (Fsp3) is 0.448. The molecule has 0 aliphatic carbocycles. The number of carbonyl (C=O) groups is 1. The van der Waals surface area contributed by atoms with Crippen LogP contribution in [0.1, 0.15) is 42.0 Å². The molecule has 3 heterocycles. The molecule has 2 aromatic rings. The van der Waals surface area contributed by atoms with Gasteiger partial charge in [-0.2, -0.15) is 5.26 Å². The molecule has 1 aromatic heterocycles. The Morgan fingerprint density at radius 1 is 1.15 bits per heavy atom. The van der Waals surface area contributed by atoms with E-state index < -0.39 is 0 Å². The van der Waals surface area contributed by atoms with Gasteiger partial charge in [0.1, 0.15) is 21.8 Å². The molecule has 0 N–H and O–H groups in total. The van der Waals surface area contributed by atoms with Crippen molar-refractivity contribution < 1.29 is 19.0 Å². The van der Waals surface area contributed by atoms with Crippen LogP contribution in [0.5, 0.6) is 11.5 Å². The highest BCUT2D eigenvalue weighted by Crippen LogP contribution is 2.36. The minimum atomic E-state index is -0.297. The van der Waals surface area contributed by atoms with Crippen LogP contribution in [0.4, 0.5) is 5.82 Å². The lowest BCUT2D eigenvalue weighted by molar-refractivity contribution is -0.122. The van der Waals surface area contributed by atoms with E-state index in [9.17, 15) is 14.9 Å². The highest BCUT2D eigenvalue weighted by atomic mass is 32.2. The number of methoxy groups -OCH3 is 2. The maximum absolute atomic E-state index is 13.6. The van der Waals surface area contributed by atoms with Crippen LogP contribution in [0.15, 0.2) is 27.9 Å². The number of carbonyl (C=O) groups excluding carboxylic acids is 1. The minimum absolute atomic E-state index is 0.100. The van der Waals surface area contributed by atoms with Crippen LogP contribution >= 0.6 is 24.0 Å². The molecule has 0 bridgehead atoms. The lowest BCUT2D eigenvalue weighted by Crippen LogP contribution is -2.41. The van der Waals surface area contributed by atoms with Crippen molar-refractivity contribution in [3.63, 3.8) is 0 Å². The highest BCUT2D eigenvalue weighted by molar-refractivity contribution is 8.26. The Kier molecular flexibility index (Phi) is 9.90. The summed E-state index contributed by atoms with van der Waals surface area (Å²) in [6, 6.07) is 7.79. The first-order valence-corrected chi connectivity index (χ1v) is 14.5. The van der Waals surface area contributed by atoms with Gasteiger partial charge in [0.2, 0.25) is 0 Å². The molecule has 0 spiro atoms. The lowest BCUT2D eigenvalue weighted by atomic mass is 10.0. The van der Waals surface area contributed by atoms with Crippen molar-refractivity contribution in [3.05, 3.63) is 55.7 Å². The summed E-state index contributed by atoms with van der Waals surface area (Å²) in [5.74, 6) is 1.81. The standard InChI is InChI=1S/C29H34N4O5S2/c1-5-6-10-32-26(31-12-14-38-15-13-31)21(19(2)22(18-30)27(32)34)17-25-28(35)33(29(39)40-25)11-9-20-7-8-23(36-3)24(16-20)37-4/h7-8,16-17H,5-6,9-15H2,1-4H3. The summed E-state index contributed by atoms with van der Waals surface area (Å²) in [7, 11) is 3.18. The number of nitriles is 1. The molecule has 212 valence electrons. The van der Waals surface area contributed by atoms with E-state index in [4.69, 9.17) is 26.4 Å². The van der Waals surface area contributed by atoms with Crippen LogP contribution in [0, 0.1) is 18.3 Å². The Bertz CT molecular complexity index is 1420. The summed E-state index contributed by atoms with van der Waals surface area (Å²) in [6.45, 7) is 7.05. The number of benzene rings is 1. The van der Waals surface area contributed by atoms with Crippen LogP contribution < -0.4 is 19.9 Å². The second-order valence-electron chi connectivity index (χ2n) is 9.53. The summed E-state index contributed by atoms with van der Waals surface area (Å²) >= 11 is 6.85. The Labute approximate surface area is 244 Å². The van der Waals surface area contributed by atoms with Crippen molar-refractivity contribution in [2.45, 2.75) is 39.7 Å². The minimum Gasteiger partial charge on any atom is -0.493 e. The zero-order valence-electron chi connectivity index (χ0n) is 23.3. The van der Waals surface area contributed by atoms with Gasteiger partial charge in [0.15, 0.2) is 11.5 Å². The molecular weight excluding hydrogens is 548 g/mol. The van der Waals surface area contributed by atoms with E-state index in [-0.39, 0.29) is 17.0 Å². The molecule has 2 aliphatic rings. The van der Waals surface area contributed by atoms with E-state index in [1.54, 1.807) is 36.7 Å². The molecule has 0 unspecified atom stereocenters. The summed E-state index contributed by atoms with van der Waals surface area (Å²) in [6.07, 6.45) is 4.08. The van der Waals surface area contributed by atoms with Gasteiger partial charge in [0.05, 0.1) is 32.3 Å². The van der Waals surface area contributed by atoms with E-state index in [0.717, 1.165) is 24.2 Å². The first kappa shape index (κ1) is 29.6. The number of aromatic nitrogens is 1. The van der Waals surface area contributed by atoms with E-state index in [1.807, 2.05) is 18.2 Å². The summed E-state index contributed by atoms with van der Waals surface area (Å²) < 4.78 is 18.5. The van der Waals surface area contributed by atoms with Crippen molar-refractivity contribution >= 4 is 46.1 Å². The maximum Gasteiger partial charge on any atom is 0.270 e. The van der Waals surface area contributed by atoms with Gasteiger partial charge >= 0.3 is 0 Å². The Morgan fingerprint density at radius 2 is 1.88 bits per heavy atom. The van der Waals surface area contributed by atoms with Gasteiger partial charge in [0, 0.05) is 31.7 Å². The quantitative estimate of drug-likeness (QED) is 0.303. The number of rotatable bonds is 10. The zero-order chi connectivity index (χ0) is 28.8. The van der Waals surface area contributed by atoms with Crippen LogP contribution in [-0.2, 0) is 22.5 Å². The smallest absolute Gasteiger partial charge is 0.270 e. The number of amides is 1. The van der Waals surface area contributed by atoms with Crippen molar-refractivity contribution in [2.75, 3.05) is 52.0 Å². The van der Waals surface area contributed by atoms with Crippen molar-refractivity contribution in [3.8, 4) is 17.6 Å². The Morgan fingerprint density at radius 3 is 2.52 bits per heavy atom. The third-order valence-corrected chi connectivity index (χ3v) is 8.49. The molecule has 2 aliphatic heterocycles. The topological polar surface area (TPSA) is 97.0 Å². The van der Waals surface area contributed by atoms with Crippen LogP contribution in [0.2, 0.25) is 0 Å². The molecule has 9 nitrogen and oxygen atoms in total. The fourth-order valence-corrected chi connectivity index (χ4v) is 6.17. The second kappa shape index (κ2) is 13.4. The van der Waals surface area contributed by atoms with Crippen molar-refractivity contribution in [1.29, 1.82) is 5.26 Å². The van der Waals surface area contributed by atoms with E-state index >= 15 is 0 Å². The molecule has 1 aromatic carbocycles. The summed E-state index contributed by atoms with van der Waals surface area (Å²) in [5, 5.41) is 9.88. The molecule has 0 radical (unpaired) electrons. The third kappa shape index (κ3) is 6.04. The molecule has 40 heavy (non-hydrogen) atoms. The summed E-state index contributed by atoms with van der Waals surface area (Å²) in [4.78, 5) is 31.2. The van der Waals surface area contributed by atoms with E-state index in [0.29, 0.717) is 77.7 Å². The number of pyridine rings is 1. The average Bonchev–Trinajstić information content (AvgIpc) is 3.24. The largest absolute Gasteiger partial charge is 0.493 e. The van der Waals surface area contributed by atoms with Crippen LogP contribution in [0.25, 0.3) is 6.08 Å². The van der Waals surface area contributed by atoms with Crippen molar-refractivity contribution in [2.24, 2.45) is 0 Å². The van der Waals surface area contributed by atoms with Gasteiger partial charge in [-0.1, -0.05) is 43.4 Å². The van der Waals surface area contributed by atoms with Gasteiger partial charge in [-0.3, -0.25) is 19.1 Å². The van der Waals surface area contributed by atoms with Gasteiger partial charge in [0.25, 0.3) is 11.5 Å². The average molecular weight is 583 g/mol. The molecule has 0 saturated carbocycles. The summed E-state index contributed by atoms with van der Waals surface area (Å²) in [5.41, 5.74) is 2.06. The first-order valence-electron chi connectivity index (χ1n) is 13.3. The molecule has 2 fully saturated rings. The SMILES string of the molecule is CCCCn1c(N2CCOCC2)c(C=C2SC(=S)N(CCc3ccc(OC)c(OC)c3)C2=O)c(C)c(C#N)c1=O. The van der Waals surface area contributed by atoms with Gasteiger partial charge in [-0.25, -0.2) is 0 Å². The number of nitrogens with zero attached hydrogens (tertiary/aromatic N) is 4. The number of morpholine rings is 1. The van der Waals surface area contributed by atoms with Crippen LogP contribution in [0.3, 0.4) is 0 Å². The first-order chi connectivity index (χ1) is 19.3.